The summed E-state index contributed by atoms with van der Waals surface area (Å²) in [5.74, 6) is 0.568. The minimum absolute atomic E-state index is 0.223. The zero-order valence-corrected chi connectivity index (χ0v) is 11.6. The Hall–Kier alpha value is -2.34. The highest BCUT2D eigenvalue weighted by Crippen LogP contribution is 2.25. The molecule has 2 heterocycles. The summed E-state index contributed by atoms with van der Waals surface area (Å²) in [7, 11) is 1.55. The first kappa shape index (κ1) is 12.7. The fourth-order valence-electron chi connectivity index (χ4n) is 2.08. The molecule has 0 saturated carbocycles. The van der Waals surface area contributed by atoms with Gasteiger partial charge in [0.1, 0.15) is 17.0 Å². The molecule has 0 aliphatic heterocycles. The Morgan fingerprint density at radius 1 is 1.40 bits per heavy atom. The minimum atomic E-state index is -0.287. The van der Waals surface area contributed by atoms with E-state index in [4.69, 9.17) is 16.3 Å². The lowest BCUT2D eigenvalue weighted by molar-refractivity contribution is 0.411. The lowest BCUT2D eigenvalue weighted by Gasteiger charge is -2.12. The van der Waals surface area contributed by atoms with E-state index in [1.165, 1.54) is 10.7 Å². The molecule has 0 fully saturated rings. The topological polar surface area (TPSA) is 72.8 Å². The molecule has 0 saturated heterocycles. The highest BCUT2D eigenvalue weighted by molar-refractivity contribution is 6.33. The van der Waals surface area contributed by atoms with Crippen molar-refractivity contribution in [3.05, 3.63) is 45.3 Å². The first-order chi connectivity index (χ1) is 9.61. The number of hydrogen-bond donors (Lipinski definition) is 1. The number of H-pyrrole nitrogens is 1. The lowest BCUT2D eigenvalue weighted by atomic mass is 10.2. The molecule has 3 rings (SSSR count). The largest absolute Gasteiger partial charge is 0.494 e. The first-order valence-corrected chi connectivity index (χ1v) is 6.27. The molecule has 6 nitrogen and oxygen atoms in total. The van der Waals surface area contributed by atoms with E-state index in [-0.39, 0.29) is 10.7 Å². The number of nitrogens with one attached hydrogen (secondary N) is 1. The number of aromatic nitrogens is 4. The molecular formula is C13H11ClN4O2. The smallest absolute Gasteiger partial charge is 0.273 e. The van der Waals surface area contributed by atoms with Gasteiger partial charge in [-0.3, -0.25) is 9.89 Å². The van der Waals surface area contributed by atoms with Crippen LogP contribution >= 0.6 is 11.6 Å². The molecular weight excluding hydrogens is 280 g/mol. The number of para-hydroxylation sites is 1. The van der Waals surface area contributed by atoms with Crippen LogP contribution in [0.4, 0.5) is 0 Å². The van der Waals surface area contributed by atoms with E-state index in [1.807, 2.05) is 19.1 Å². The third-order valence-electron chi connectivity index (χ3n) is 3.03. The first-order valence-electron chi connectivity index (χ1n) is 5.89. The maximum Gasteiger partial charge on any atom is 0.273 e. The Kier molecular flexibility index (Phi) is 2.94. The highest BCUT2D eigenvalue weighted by atomic mass is 35.5. The van der Waals surface area contributed by atoms with Crippen molar-refractivity contribution in [1.29, 1.82) is 0 Å². The van der Waals surface area contributed by atoms with Gasteiger partial charge < -0.3 is 4.74 Å². The molecule has 102 valence electrons. The number of benzene rings is 1. The number of aromatic amines is 1. The molecule has 0 atom stereocenters. The van der Waals surface area contributed by atoms with Gasteiger partial charge in [0.2, 0.25) is 0 Å². The predicted molar refractivity (Wildman–Crippen MR) is 75.8 cm³/mol. The molecule has 3 aromatic rings. The molecule has 0 amide bonds. The molecule has 1 N–H and O–H groups in total. The summed E-state index contributed by atoms with van der Waals surface area (Å²) in [6.07, 6.45) is 0. The normalized spacial score (nSPS) is 10.9. The number of ether oxygens (including phenoxy) is 1. The second kappa shape index (κ2) is 4.64. The quantitative estimate of drug-likeness (QED) is 0.784. The van der Waals surface area contributed by atoms with Crippen molar-refractivity contribution in [3.8, 4) is 11.4 Å². The van der Waals surface area contributed by atoms with Crippen LogP contribution in [0.25, 0.3) is 16.7 Å². The van der Waals surface area contributed by atoms with Crippen LogP contribution in [0.15, 0.2) is 29.1 Å². The number of rotatable bonds is 2. The number of nitrogens with zero attached hydrogens (tertiary/aromatic N) is 3. The summed E-state index contributed by atoms with van der Waals surface area (Å²) in [5, 5.41) is 11.0. The Balaban J connectivity index is 2.37. The van der Waals surface area contributed by atoms with E-state index >= 15 is 0 Å². The third-order valence-corrected chi connectivity index (χ3v) is 3.30. The molecule has 7 heteroatoms. The Labute approximate surface area is 118 Å². The van der Waals surface area contributed by atoms with Gasteiger partial charge in [-0.15, -0.1) is 0 Å². The molecule has 2 aromatic heterocycles. The zero-order chi connectivity index (χ0) is 14.3. The van der Waals surface area contributed by atoms with Crippen LogP contribution in [0.2, 0.25) is 5.15 Å². The van der Waals surface area contributed by atoms with Gasteiger partial charge in [0.05, 0.1) is 12.6 Å². The van der Waals surface area contributed by atoms with Crippen LogP contribution in [0, 0.1) is 6.92 Å². The van der Waals surface area contributed by atoms with Crippen molar-refractivity contribution >= 4 is 22.6 Å². The van der Waals surface area contributed by atoms with Crippen LogP contribution in [0.3, 0.4) is 0 Å². The summed E-state index contributed by atoms with van der Waals surface area (Å²) in [6, 6.07) is 6.92. The summed E-state index contributed by atoms with van der Waals surface area (Å²) in [6.45, 7) is 1.88. The van der Waals surface area contributed by atoms with Crippen LogP contribution in [-0.4, -0.2) is 27.1 Å². The fraction of sp³-hybridized carbons (Fsp3) is 0.154. The van der Waals surface area contributed by atoms with Gasteiger partial charge >= 0.3 is 0 Å². The van der Waals surface area contributed by atoms with Crippen molar-refractivity contribution in [1.82, 2.24) is 20.0 Å². The second-order valence-corrected chi connectivity index (χ2v) is 4.65. The summed E-state index contributed by atoms with van der Waals surface area (Å²) in [5.41, 5.74) is 2.13. The second-order valence-electron chi connectivity index (χ2n) is 4.30. The highest BCUT2D eigenvalue weighted by Gasteiger charge is 2.14. The van der Waals surface area contributed by atoms with Gasteiger partial charge in [-0.2, -0.15) is 14.9 Å². The molecule has 20 heavy (non-hydrogen) atoms. The average molecular weight is 291 g/mol. The van der Waals surface area contributed by atoms with Gasteiger partial charge in [-0.1, -0.05) is 23.7 Å². The summed E-state index contributed by atoms with van der Waals surface area (Å²) >= 11 is 5.95. The number of aryl methyl sites for hydroxylation is 1. The Bertz CT molecular complexity index is 853. The van der Waals surface area contributed by atoms with Crippen molar-refractivity contribution in [2.45, 2.75) is 6.92 Å². The number of halogens is 1. The monoisotopic (exact) mass is 290 g/mol. The molecule has 0 spiro atoms. The Morgan fingerprint density at radius 2 is 2.20 bits per heavy atom. The molecule has 0 unspecified atom stereocenters. The van der Waals surface area contributed by atoms with Crippen molar-refractivity contribution in [3.63, 3.8) is 0 Å². The Morgan fingerprint density at radius 3 is 2.95 bits per heavy atom. The van der Waals surface area contributed by atoms with E-state index in [2.05, 4.69) is 15.3 Å². The number of fused-ring (bicyclic) bond motifs is 1. The van der Waals surface area contributed by atoms with Crippen LogP contribution in [-0.2, 0) is 0 Å². The van der Waals surface area contributed by atoms with Crippen LogP contribution in [0.1, 0.15) is 5.56 Å². The van der Waals surface area contributed by atoms with E-state index in [0.717, 1.165) is 5.56 Å². The summed E-state index contributed by atoms with van der Waals surface area (Å²) < 4.78 is 6.58. The fourth-order valence-corrected chi connectivity index (χ4v) is 2.27. The predicted octanol–water partition coefficient (Wildman–Crippen LogP) is 2.08. The van der Waals surface area contributed by atoms with Gasteiger partial charge in [-0.25, -0.2) is 0 Å². The number of hydrogen-bond acceptors (Lipinski definition) is 4. The third kappa shape index (κ3) is 1.85. The van der Waals surface area contributed by atoms with Crippen LogP contribution < -0.4 is 10.3 Å². The standard InChI is InChI=1S/C13H11ClN4O2/c1-7-4-3-5-9(20-2)12(7)18-10(19)6-8-11(17-18)13(14)16-15-8/h3-6,15H,1-2H3. The van der Waals surface area contributed by atoms with E-state index in [1.54, 1.807) is 13.2 Å². The minimum Gasteiger partial charge on any atom is -0.494 e. The van der Waals surface area contributed by atoms with E-state index in [9.17, 15) is 4.79 Å². The molecule has 0 bridgehead atoms. The lowest BCUT2D eigenvalue weighted by Crippen LogP contribution is -2.21. The van der Waals surface area contributed by atoms with Gasteiger partial charge in [0, 0.05) is 6.07 Å². The van der Waals surface area contributed by atoms with E-state index in [0.29, 0.717) is 22.5 Å². The zero-order valence-electron chi connectivity index (χ0n) is 10.8. The van der Waals surface area contributed by atoms with Gasteiger partial charge in [0.25, 0.3) is 5.56 Å². The number of methoxy groups -OCH3 is 1. The van der Waals surface area contributed by atoms with Crippen molar-refractivity contribution in [2.24, 2.45) is 0 Å². The molecule has 0 radical (unpaired) electrons. The molecule has 1 aromatic carbocycles. The molecule has 0 aliphatic rings. The molecule has 0 aliphatic carbocycles. The van der Waals surface area contributed by atoms with Crippen molar-refractivity contribution < 1.29 is 4.74 Å². The van der Waals surface area contributed by atoms with Gasteiger partial charge in [0.15, 0.2) is 5.15 Å². The maximum absolute atomic E-state index is 12.2. The van der Waals surface area contributed by atoms with Crippen LogP contribution in [0.5, 0.6) is 5.75 Å². The maximum atomic E-state index is 12.2. The SMILES string of the molecule is COc1cccc(C)c1-n1nc2c(Cl)n[nH]c2cc1=O. The average Bonchev–Trinajstić information content (AvgIpc) is 2.79. The van der Waals surface area contributed by atoms with Gasteiger partial charge in [-0.05, 0) is 18.6 Å². The van der Waals surface area contributed by atoms with E-state index < -0.39 is 0 Å². The summed E-state index contributed by atoms with van der Waals surface area (Å²) in [4.78, 5) is 12.2. The van der Waals surface area contributed by atoms with Crippen molar-refractivity contribution in [2.75, 3.05) is 7.11 Å².